The lowest BCUT2D eigenvalue weighted by Gasteiger charge is -2.04. The number of ether oxygens (including phenoxy) is 1. The Balaban J connectivity index is 1.47. The molecule has 5 aromatic rings. The van der Waals surface area contributed by atoms with Crippen molar-refractivity contribution < 1.29 is 18.5 Å². The number of nitrogens with zero attached hydrogens (tertiary/aromatic N) is 3. The number of nitrogens with one attached hydrogen (secondary N) is 1. The molecule has 3 aromatic heterocycles. The lowest BCUT2D eigenvalue weighted by Crippen LogP contribution is -2.11. The molecule has 1 N–H and O–H groups in total. The predicted molar refractivity (Wildman–Crippen MR) is 114 cm³/mol. The number of amides is 1. The maximum Gasteiger partial charge on any atom is 0.255 e. The fraction of sp³-hybridized carbons (Fsp3) is 0.0435. The molecule has 2 aromatic carbocycles. The normalized spacial score (nSPS) is 10.9. The summed E-state index contributed by atoms with van der Waals surface area (Å²) in [5.74, 6) is 0.864. The Kier molecular flexibility index (Phi) is 4.64. The van der Waals surface area contributed by atoms with Gasteiger partial charge < -0.3 is 19.0 Å². The molecule has 152 valence electrons. The summed E-state index contributed by atoms with van der Waals surface area (Å²) in [7, 11) is 1.60. The Labute approximate surface area is 176 Å². The third-order valence-corrected chi connectivity index (χ3v) is 4.72. The van der Waals surface area contributed by atoms with E-state index < -0.39 is 0 Å². The van der Waals surface area contributed by atoms with Crippen molar-refractivity contribution in [3.05, 3.63) is 78.8 Å². The Morgan fingerprint density at radius 2 is 2.03 bits per heavy atom. The number of benzene rings is 2. The van der Waals surface area contributed by atoms with Crippen LogP contribution in [-0.2, 0) is 0 Å². The molecule has 0 atom stereocenters. The van der Waals surface area contributed by atoms with E-state index in [1.807, 2.05) is 24.3 Å². The largest absolute Gasteiger partial charge is 0.497 e. The molecule has 0 spiro atoms. The van der Waals surface area contributed by atoms with Crippen molar-refractivity contribution in [2.24, 2.45) is 0 Å². The first-order valence-corrected chi connectivity index (χ1v) is 9.42. The second-order valence-corrected chi connectivity index (χ2v) is 6.71. The van der Waals surface area contributed by atoms with Crippen molar-refractivity contribution >= 4 is 22.6 Å². The molecular weight excluding hydrogens is 396 g/mol. The summed E-state index contributed by atoms with van der Waals surface area (Å²) in [4.78, 5) is 21.2. The molecule has 0 aliphatic heterocycles. The lowest BCUT2D eigenvalue weighted by atomic mass is 10.1. The second kappa shape index (κ2) is 7.75. The predicted octanol–water partition coefficient (Wildman–Crippen LogP) is 4.81. The summed E-state index contributed by atoms with van der Waals surface area (Å²) in [6.07, 6.45) is 4.73. The number of aromatic nitrogens is 3. The van der Waals surface area contributed by atoms with Crippen LogP contribution in [0.3, 0.4) is 0 Å². The van der Waals surface area contributed by atoms with Crippen LogP contribution in [0.1, 0.15) is 10.4 Å². The number of carbonyl (C=O) groups is 1. The second-order valence-electron chi connectivity index (χ2n) is 6.71. The van der Waals surface area contributed by atoms with Gasteiger partial charge in [-0.2, -0.15) is 0 Å². The number of methoxy groups -OCH3 is 1. The van der Waals surface area contributed by atoms with E-state index >= 15 is 0 Å². The minimum atomic E-state index is -0.265. The van der Waals surface area contributed by atoms with Crippen molar-refractivity contribution in [3.8, 4) is 28.6 Å². The van der Waals surface area contributed by atoms with Crippen LogP contribution in [0.4, 0.5) is 5.69 Å². The van der Waals surface area contributed by atoms with Crippen LogP contribution >= 0.6 is 0 Å². The Bertz CT molecular complexity index is 1370. The highest BCUT2D eigenvalue weighted by molar-refractivity contribution is 6.07. The van der Waals surface area contributed by atoms with Crippen LogP contribution in [0.5, 0.6) is 5.75 Å². The molecule has 0 bridgehead atoms. The molecule has 1 amide bonds. The van der Waals surface area contributed by atoms with Crippen molar-refractivity contribution in [3.63, 3.8) is 0 Å². The van der Waals surface area contributed by atoms with Gasteiger partial charge >= 0.3 is 0 Å². The average molecular weight is 412 g/mol. The van der Waals surface area contributed by atoms with Gasteiger partial charge in [-0.3, -0.25) is 9.78 Å². The number of fused-ring (bicyclic) bond motifs is 1. The van der Waals surface area contributed by atoms with Gasteiger partial charge in [0.2, 0.25) is 5.89 Å². The molecule has 3 heterocycles. The van der Waals surface area contributed by atoms with Gasteiger partial charge in [-0.05, 0) is 48.5 Å². The van der Waals surface area contributed by atoms with Gasteiger partial charge in [-0.15, -0.1) is 0 Å². The molecule has 5 rings (SSSR count). The molecule has 0 saturated heterocycles. The van der Waals surface area contributed by atoms with E-state index in [4.69, 9.17) is 13.7 Å². The fourth-order valence-corrected chi connectivity index (χ4v) is 3.18. The standard InChI is InChI=1S/C23H16N4O4/c1-29-17-6-2-4-15(10-17)23-26-19(13-30-23)21-18-11-14(7-8-20(18)31-27-21)22(28)25-16-5-3-9-24-12-16/h2-13H,1H3,(H,25,28). The first-order valence-electron chi connectivity index (χ1n) is 9.42. The van der Waals surface area contributed by atoms with Crippen molar-refractivity contribution in [2.45, 2.75) is 0 Å². The quantitative estimate of drug-likeness (QED) is 0.442. The molecule has 0 radical (unpaired) electrons. The monoisotopic (exact) mass is 412 g/mol. The molecular formula is C23H16N4O4. The van der Waals surface area contributed by atoms with E-state index in [0.717, 1.165) is 5.56 Å². The highest BCUT2D eigenvalue weighted by Gasteiger charge is 2.18. The maximum absolute atomic E-state index is 12.6. The van der Waals surface area contributed by atoms with E-state index in [2.05, 4.69) is 20.4 Å². The summed E-state index contributed by atoms with van der Waals surface area (Å²) >= 11 is 0. The summed E-state index contributed by atoms with van der Waals surface area (Å²) in [6, 6.07) is 16.0. The van der Waals surface area contributed by atoms with E-state index in [0.29, 0.717) is 45.2 Å². The zero-order valence-corrected chi connectivity index (χ0v) is 16.4. The summed E-state index contributed by atoms with van der Waals surface area (Å²) in [5.41, 5.74) is 3.37. The zero-order chi connectivity index (χ0) is 21.2. The van der Waals surface area contributed by atoms with Crippen LogP contribution in [0, 0.1) is 0 Å². The first kappa shape index (κ1) is 18.6. The van der Waals surface area contributed by atoms with Gasteiger partial charge in [0.05, 0.1) is 24.4 Å². The number of rotatable bonds is 5. The lowest BCUT2D eigenvalue weighted by molar-refractivity contribution is 0.102. The zero-order valence-electron chi connectivity index (χ0n) is 16.4. The third-order valence-electron chi connectivity index (χ3n) is 4.72. The van der Waals surface area contributed by atoms with Crippen LogP contribution in [0.2, 0.25) is 0 Å². The SMILES string of the molecule is COc1cccc(-c2nc(-c3noc4ccc(C(=O)Nc5cccnc5)cc34)co2)c1. The topological polar surface area (TPSA) is 103 Å². The third kappa shape index (κ3) is 3.62. The van der Waals surface area contributed by atoms with Gasteiger partial charge in [0.25, 0.3) is 5.91 Å². The molecule has 8 heteroatoms. The van der Waals surface area contributed by atoms with Crippen LogP contribution in [0.25, 0.3) is 33.8 Å². The smallest absolute Gasteiger partial charge is 0.255 e. The number of carbonyl (C=O) groups excluding carboxylic acids is 1. The first-order chi connectivity index (χ1) is 15.2. The summed E-state index contributed by atoms with van der Waals surface area (Å²) < 4.78 is 16.3. The van der Waals surface area contributed by atoms with Gasteiger partial charge in [-0.25, -0.2) is 4.98 Å². The Morgan fingerprint density at radius 3 is 2.87 bits per heavy atom. The minimum absolute atomic E-state index is 0.265. The van der Waals surface area contributed by atoms with Gasteiger partial charge in [-0.1, -0.05) is 11.2 Å². The van der Waals surface area contributed by atoms with Crippen molar-refractivity contribution in [1.29, 1.82) is 0 Å². The number of hydrogen-bond acceptors (Lipinski definition) is 7. The van der Waals surface area contributed by atoms with E-state index in [1.165, 1.54) is 6.26 Å². The Hall–Kier alpha value is -4.46. The molecule has 0 aliphatic carbocycles. The highest BCUT2D eigenvalue weighted by atomic mass is 16.5. The van der Waals surface area contributed by atoms with Crippen LogP contribution in [-0.4, -0.2) is 28.1 Å². The molecule has 0 unspecified atom stereocenters. The van der Waals surface area contributed by atoms with Crippen molar-refractivity contribution in [1.82, 2.24) is 15.1 Å². The molecule has 0 saturated carbocycles. The average Bonchev–Trinajstić information content (AvgIpc) is 3.46. The van der Waals surface area contributed by atoms with E-state index in [9.17, 15) is 4.79 Å². The number of anilines is 1. The van der Waals surface area contributed by atoms with E-state index in [1.54, 1.807) is 49.8 Å². The molecule has 31 heavy (non-hydrogen) atoms. The fourth-order valence-electron chi connectivity index (χ4n) is 3.18. The Morgan fingerprint density at radius 1 is 1.10 bits per heavy atom. The van der Waals surface area contributed by atoms with E-state index in [-0.39, 0.29) is 5.91 Å². The number of pyridine rings is 1. The molecule has 8 nitrogen and oxygen atoms in total. The van der Waals surface area contributed by atoms with Gasteiger partial charge in [0, 0.05) is 17.3 Å². The minimum Gasteiger partial charge on any atom is -0.497 e. The van der Waals surface area contributed by atoms with Crippen LogP contribution < -0.4 is 10.1 Å². The van der Waals surface area contributed by atoms with Gasteiger partial charge in [0.1, 0.15) is 23.4 Å². The summed E-state index contributed by atoms with van der Waals surface area (Å²) in [6.45, 7) is 0. The van der Waals surface area contributed by atoms with Crippen molar-refractivity contribution in [2.75, 3.05) is 12.4 Å². The van der Waals surface area contributed by atoms with Gasteiger partial charge in [0.15, 0.2) is 5.58 Å². The number of oxazole rings is 1. The maximum atomic E-state index is 12.6. The summed E-state index contributed by atoms with van der Waals surface area (Å²) in [5, 5.41) is 7.60. The number of hydrogen-bond donors (Lipinski definition) is 1. The highest BCUT2D eigenvalue weighted by Crippen LogP contribution is 2.31. The molecule has 0 aliphatic rings. The van der Waals surface area contributed by atoms with Crippen LogP contribution in [0.15, 0.2) is 82.2 Å². The molecule has 0 fully saturated rings.